The molecule has 0 aliphatic carbocycles. The first-order valence-corrected chi connectivity index (χ1v) is 1.95. The Bertz CT molecular complexity index is 44.3. The Hall–Kier alpha value is -0.280. The standard InChI is InChI=1S/CH11N7/c1-5-7(3)8(4)6-2/h5-6H,2-4H2,1H3. The van der Waals surface area contributed by atoms with Crippen molar-refractivity contribution >= 4 is 0 Å². The smallest absolute Gasteiger partial charge is 0.00157 e. The fraction of sp³-hybridized carbons (Fsp3) is 1.00. The van der Waals surface area contributed by atoms with Crippen molar-refractivity contribution < 1.29 is 0 Å². The van der Waals surface area contributed by atoms with Crippen molar-refractivity contribution in [2.24, 2.45) is 17.5 Å². The maximum atomic E-state index is 5.11. The van der Waals surface area contributed by atoms with E-state index in [1.54, 1.807) is 7.05 Å². The van der Waals surface area contributed by atoms with Gasteiger partial charge in [-0.25, -0.2) is 17.1 Å². The van der Waals surface area contributed by atoms with Gasteiger partial charge in [0.2, 0.25) is 0 Å². The predicted octanol–water partition coefficient (Wildman–Crippen LogP) is -3.23. The molecule has 0 atom stereocenters. The van der Waals surface area contributed by atoms with E-state index in [-0.39, 0.29) is 0 Å². The number of nitrogens with one attached hydrogen (secondary N) is 2. The summed E-state index contributed by atoms with van der Waals surface area (Å²) in [4.78, 5) is 0. The molecule has 8 heavy (non-hydrogen) atoms. The number of nitrogens with zero attached hydrogens (tertiary/aromatic N) is 2. The molecule has 0 rings (SSSR count). The molecule has 0 aliphatic heterocycles. The van der Waals surface area contributed by atoms with Gasteiger partial charge in [-0.2, -0.15) is 5.53 Å². The van der Waals surface area contributed by atoms with Gasteiger partial charge in [0.15, 0.2) is 0 Å². The van der Waals surface area contributed by atoms with E-state index in [0.717, 1.165) is 10.5 Å². The summed E-state index contributed by atoms with van der Waals surface area (Å²) >= 11 is 0. The first-order chi connectivity index (χ1) is 3.72. The molecule has 0 spiro atoms. The SMILES string of the molecule is CNN(N)N(N)NN. The molecule has 0 aliphatic rings. The second-order valence-corrected chi connectivity index (χ2v) is 1.04. The highest BCUT2D eigenvalue weighted by molar-refractivity contribution is 4.14. The van der Waals surface area contributed by atoms with E-state index < -0.39 is 0 Å². The van der Waals surface area contributed by atoms with Crippen LogP contribution in [0.5, 0.6) is 0 Å². The highest BCUT2D eigenvalue weighted by Crippen LogP contribution is 1.61. The molecule has 0 fully saturated rings. The van der Waals surface area contributed by atoms with Crippen LogP contribution in [0.15, 0.2) is 0 Å². The zero-order chi connectivity index (χ0) is 6.57. The van der Waals surface area contributed by atoms with Crippen molar-refractivity contribution in [3.8, 4) is 0 Å². The van der Waals surface area contributed by atoms with Gasteiger partial charge in [0, 0.05) is 7.05 Å². The number of hydrazine groups is 6. The third-order valence-corrected chi connectivity index (χ3v) is 0.594. The Morgan fingerprint density at radius 1 is 1.25 bits per heavy atom. The fourth-order valence-electron chi connectivity index (χ4n) is 0.170. The van der Waals surface area contributed by atoms with Crippen molar-refractivity contribution in [3.05, 3.63) is 0 Å². The Labute approximate surface area is 47.2 Å². The van der Waals surface area contributed by atoms with Crippen molar-refractivity contribution in [2.45, 2.75) is 0 Å². The lowest BCUT2D eigenvalue weighted by Crippen LogP contribution is -2.64. The maximum absolute atomic E-state index is 5.11. The Morgan fingerprint density at radius 2 is 1.75 bits per heavy atom. The van der Waals surface area contributed by atoms with E-state index in [1.165, 1.54) is 0 Å². The summed E-state index contributed by atoms with van der Waals surface area (Å²) in [5, 5.41) is 1.85. The summed E-state index contributed by atoms with van der Waals surface area (Å²) in [6.07, 6.45) is 0. The molecule has 7 nitrogen and oxygen atoms in total. The first kappa shape index (κ1) is 7.72. The van der Waals surface area contributed by atoms with Gasteiger partial charge in [0.05, 0.1) is 0 Å². The van der Waals surface area contributed by atoms with Crippen LogP contribution in [-0.2, 0) is 0 Å². The number of hydrogen-bond acceptors (Lipinski definition) is 7. The van der Waals surface area contributed by atoms with Gasteiger partial charge in [-0.3, -0.25) is 5.84 Å². The summed E-state index contributed by atoms with van der Waals surface area (Å²) in [5.41, 5.74) is 4.55. The van der Waals surface area contributed by atoms with Crippen molar-refractivity contribution in [2.75, 3.05) is 7.05 Å². The van der Waals surface area contributed by atoms with Gasteiger partial charge in [-0.15, -0.1) is 0 Å². The maximum Gasteiger partial charge on any atom is 0.00157 e. The minimum atomic E-state index is 0.875. The number of hydrogen-bond donors (Lipinski definition) is 5. The van der Waals surface area contributed by atoms with Gasteiger partial charge < -0.3 is 0 Å². The van der Waals surface area contributed by atoms with Crippen LogP contribution in [0.2, 0.25) is 0 Å². The molecule has 0 amide bonds. The highest BCUT2D eigenvalue weighted by atomic mass is 16.1. The molecule has 0 radical (unpaired) electrons. The van der Waals surface area contributed by atoms with Gasteiger partial charge in [0.25, 0.3) is 0 Å². The quantitative estimate of drug-likeness (QED) is 0.197. The summed E-state index contributed by atoms with van der Waals surface area (Å²) in [5.74, 6) is 15.0. The average Bonchev–Trinajstić information content (AvgIpc) is 1.84. The molecule has 7 heteroatoms. The molecule has 0 aromatic heterocycles. The lowest BCUT2D eigenvalue weighted by Gasteiger charge is -2.22. The van der Waals surface area contributed by atoms with Crippen LogP contribution in [0.25, 0.3) is 0 Å². The van der Waals surface area contributed by atoms with E-state index in [2.05, 4.69) is 11.0 Å². The molecule has 0 saturated heterocycles. The Kier molecular flexibility index (Phi) is 3.56. The minimum Gasteiger partial charge on any atom is -0.255 e. The highest BCUT2D eigenvalue weighted by Gasteiger charge is 1.97. The third kappa shape index (κ3) is 2.14. The van der Waals surface area contributed by atoms with Crippen molar-refractivity contribution in [1.82, 2.24) is 21.4 Å². The van der Waals surface area contributed by atoms with Crippen LogP contribution in [-0.4, -0.2) is 17.5 Å². The van der Waals surface area contributed by atoms with E-state index in [1.807, 2.05) is 0 Å². The monoisotopic (exact) mass is 121 g/mol. The number of nitrogens with two attached hydrogens (primary N) is 3. The molecular formula is CH11N7. The van der Waals surface area contributed by atoms with E-state index in [9.17, 15) is 0 Å². The molecule has 0 aromatic rings. The van der Waals surface area contributed by atoms with Gasteiger partial charge >= 0.3 is 0 Å². The molecule has 0 bridgehead atoms. The fourth-order valence-corrected chi connectivity index (χ4v) is 0.170. The van der Waals surface area contributed by atoms with E-state index >= 15 is 0 Å². The molecule has 50 valence electrons. The second kappa shape index (κ2) is 3.69. The minimum absolute atomic E-state index is 0.875. The summed E-state index contributed by atoms with van der Waals surface area (Å²) in [7, 11) is 1.59. The van der Waals surface area contributed by atoms with E-state index in [4.69, 9.17) is 17.5 Å². The van der Waals surface area contributed by atoms with Gasteiger partial charge in [-0.05, 0) is 0 Å². The topological polar surface area (TPSA) is 109 Å². The van der Waals surface area contributed by atoms with Crippen molar-refractivity contribution in [1.29, 1.82) is 0 Å². The van der Waals surface area contributed by atoms with Crippen LogP contribution < -0.4 is 28.5 Å². The first-order valence-electron chi connectivity index (χ1n) is 1.95. The average molecular weight is 121 g/mol. The summed E-state index contributed by atoms with van der Waals surface area (Å²) < 4.78 is 0. The van der Waals surface area contributed by atoms with Gasteiger partial charge in [0.1, 0.15) is 0 Å². The lowest BCUT2D eigenvalue weighted by molar-refractivity contribution is -0.109. The summed E-state index contributed by atoms with van der Waals surface area (Å²) in [6.45, 7) is 0. The van der Waals surface area contributed by atoms with Crippen LogP contribution in [0.4, 0.5) is 0 Å². The van der Waals surface area contributed by atoms with Crippen molar-refractivity contribution in [3.63, 3.8) is 0 Å². The lowest BCUT2D eigenvalue weighted by atomic mass is 11.5. The number of rotatable bonds is 3. The van der Waals surface area contributed by atoms with Crippen LogP contribution in [0, 0.1) is 0 Å². The largest absolute Gasteiger partial charge is 0.255 e. The van der Waals surface area contributed by atoms with Crippen LogP contribution in [0.1, 0.15) is 0 Å². The van der Waals surface area contributed by atoms with E-state index in [0.29, 0.717) is 0 Å². The molecule has 8 N–H and O–H groups in total. The molecular weight excluding hydrogens is 110 g/mol. The van der Waals surface area contributed by atoms with Crippen LogP contribution >= 0.6 is 0 Å². The Morgan fingerprint density at radius 3 is 1.88 bits per heavy atom. The molecule has 0 unspecified atom stereocenters. The Balaban J connectivity index is 3.29. The third-order valence-electron chi connectivity index (χ3n) is 0.594. The molecule has 0 heterocycles. The zero-order valence-corrected chi connectivity index (χ0v) is 4.63. The molecule has 0 aromatic carbocycles. The predicted molar refractivity (Wildman–Crippen MR) is 28.4 cm³/mol. The normalized spacial score (nSPS) is 11.2. The zero-order valence-electron chi connectivity index (χ0n) is 4.63. The second-order valence-electron chi connectivity index (χ2n) is 1.04. The van der Waals surface area contributed by atoms with Gasteiger partial charge in [-0.1, -0.05) is 10.5 Å². The summed E-state index contributed by atoms with van der Waals surface area (Å²) in [6, 6.07) is 0. The van der Waals surface area contributed by atoms with Crippen LogP contribution in [0.3, 0.4) is 0 Å². The molecule has 0 saturated carbocycles.